The maximum absolute atomic E-state index is 5.43. The second-order valence-electron chi connectivity index (χ2n) is 4.77. The van der Waals surface area contributed by atoms with E-state index in [1.54, 1.807) is 18.4 Å². The first-order chi connectivity index (χ1) is 10.4. The summed E-state index contributed by atoms with van der Waals surface area (Å²) in [6.07, 6.45) is 2.25. The molecular formula is C16H23NO2S2. The van der Waals surface area contributed by atoms with Gasteiger partial charge in [0.1, 0.15) is 0 Å². The average Bonchev–Trinajstić information content (AvgIpc) is 3.16. The van der Waals surface area contributed by atoms with E-state index in [1.807, 2.05) is 11.3 Å². The van der Waals surface area contributed by atoms with Crippen molar-refractivity contribution in [3.8, 4) is 10.4 Å². The number of rotatable bonds is 11. The highest BCUT2D eigenvalue weighted by Gasteiger charge is 2.02. The van der Waals surface area contributed by atoms with Crippen LogP contribution in [-0.4, -0.2) is 33.5 Å². The van der Waals surface area contributed by atoms with Gasteiger partial charge >= 0.3 is 0 Å². The van der Waals surface area contributed by atoms with E-state index in [4.69, 9.17) is 9.47 Å². The minimum absolute atomic E-state index is 0.684. The minimum atomic E-state index is 0.684. The fourth-order valence-corrected chi connectivity index (χ4v) is 3.60. The number of hydrogen-bond donors (Lipinski definition) is 1. The van der Waals surface area contributed by atoms with E-state index in [0.717, 1.165) is 32.5 Å². The van der Waals surface area contributed by atoms with Gasteiger partial charge in [0.15, 0.2) is 0 Å². The molecule has 0 saturated carbocycles. The summed E-state index contributed by atoms with van der Waals surface area (Å²) < 4.78 is 10.4. The van der Waals surface area contributed by atoms with Crippen LogP contribution in [0.2, 0.25) is 0 Å². The largest absolute Gasteiger partial charge is 0.382 e. The summed E-state index contributed by atoms with van der Waals surface area (Å²) >= 11 is 3.63. The van der Waals surface area contributed by atoms with Crippen LogP contribution < -0.4 is 5.32 Å². The van der Waals surface area contributed by atoms with E-state index in [0.29, 0.717) is 13.2 Å². The number of methoxy groups -OCH3 is 1. The SMILES string of the molecule is COCCOCCCCNCc1cc(-c2cccs2)cs1. The second-order valence-corrected chi connectivity index (χ2v) is 6.71. The lowest BCUT2D eigenvalue weighted by molar-refractivity contribution is 0.0688. The molecule has 0 unspecified atom stereocenters. The quantitative estimate of drug-likeness (QED) is 0.633. The van der Waals surface area contributed by atoms with Gasteiger partial charge in [-0.3, -0.25) is 0 Å². The van der Waals surface area contributed by atoms with Crippen molar-refractivity contribution in [2.45, 2.75) is 19.4 Å². The molecule has 0 radical (unpaired) electrons. The van der Waals surface area contributed by atoms with Gasteiger partial charge in [-0.25, -0.2) is 0 Å². The molecule has 0 amide bonds. The molecule has 1 N–H and O–H groups in total. The topological polar surface area (TPSA) is 30.5 Å². The number of thiophene rings is 2. The summed E-state index contributed by atoms with van der Waals surface area (Å²) in [7, 11) is 1.70. The van der Waals surface area contributed by atoms with E-state index in [1.165, 1.54) is 15.3 Å². The highest BCUT2D eigenvalue weighted by Crippen LogP contribution is 2.29. The van der Waals surface area contributed by atoms with Crippen LogP contribution in [-0.2, 0) is 16.0 Å². The molecule has 2 rings (SSSR count). The highest BCUT2D eigenvalue weighted by atomic mass is 32.1. The van der Waals surface area contributed by atoms with Gasteiger partial charge in [0.2, 0.25) is 0 Å². The Labute approximate surface area is 134 Å². The van der Waals surface area contributed by atoms with E-state index in [2.05, 4.69) is 34.3 Å². The molecule has 0 fully saturated rings. The summed E-state index contributed by atoms with van der Waals surface area (Å²) in [6, 6.07) is 6.56. The molecule has 2 aromatic rings. The third-order valence-electron chi connectivity index (χ3n) is 3.08. The summed E-state index contributed by atoms with van der Waals surface area (Å²) in [5, 5.41) is 7.86. The predicted molar refractivity (Wildman–Crippen MR) is 91.3 cm³/mol. The minimum Gasteiger partial charge on any atom is -0.382 e. The number of nitrogens with one attached hydrogen (secondary N) is 1. The van der Waals surface area contributed by atoms with Gasteiger partial charge in [0, 0.05) is 35.6 Å². The smallest absolute Gasteiger partial charge is 0.0700 e. The van der Waals surface area contributed by atoms with Crippen LogP contribution in [0.4, 0.5) is 0 Å². The second kappa shape index (κ2) is 10.1. The highest BCUT2D eigenvalue weighted by molar-refractivity contribution is 7.14. The first-order valence-electron chi connectivity index (χ1n) is 7.29. The van der Waals surface area contributed by atoms with Crippen molar-refractivity contribution in [2.75, 3.05) is 33.5 Å². The Morgan fingerprint density at radius 3 is 2.90 bits per heavy atom. The Morgan fingerprint density at radius 1 is 1.14 bits per heavy atom. The molecule has 0 saturated heterocycles. The van der Waals surface area contributed by atoms with E-state index in [9.17, 15) is 0 Å². The lowest BCUT2D eigenvalue weighted by Gasteiger charge is -2.04. The molecule has 2 aromatic heterocycles. The lowest BCUT2D eigenvalue weighted by Crippen LogP contribution is -2.14. The summed E-state index contributed by atoms with van der Waals surface area (Å²) in [6.45, 7) is 4.21. The van der Waals surface area contributed by atoms with Gasteiger partial charge in [0.05, 0.1) is 13.2 Å². The fraction of sp³-hybridized carbons (Fsp3) is 0.500. The zero-order valence-corrected chi connectivity index (χ0v) is 14.1. The van der Waals surface area contributed by atoms with Crippen LogP contribution in [0, 0.1) is 0 Å². The van der Waals surface area contributed by atoms with Gasteiger partial charge in [-0.2, -0.15) is 0 Å². The van der Waals surface area contributed by atoms with Gasteiger partial charge in [-0.15, -0.1) is 22.7 Å². The van der Waals surface area contributed by atoms with Crippen LogP contribution in [0.1, 0.15) is 17.7 Å². The molecule has 0 aliphatic carbocycles. The first kappa shape index (κ1) is 16.6. The molecular weight excluding hydrogens is 302 g/mol. The molecule has 0 bridgehead atoms. The zero-order valence-electron chi connectivity index (χ0n) is 12.5. The monoisotopic (exact) mass is 325 g/mol. The Kier molecular flexibility index (Phi) is 7.99. The van der Waals surface area contributed by atoms with Gasteiger partial charge in [0.25, 0.3) is 0 Å². The molecule has 2 heterocycles. The normalized spacial score (nSPS) is 11.1. The van der Waals surface area contributed by atoms with Crippen LogP contribution in [0.3, 0.4) is 0 Å². The standard InChI is InChI=1S/C16H23NO2S2/c1-18-8-9-19-7-3-2-6-17-12-15-11-14(13-21-15)16-5-4-10-20-16/h4-5,10-11,13,17H,2-3,6-9,12H2,1H3. The summed E-state index contributed by atoms with van der Waals surface area (Å²) in [5.74, 6) is 0. The van der Waals surface area contributed by atoms with Crippen molar-refractivity contribution in [1.29, 1.82) is 0 Å². The number of ether oxygens (including phenoxy) is 2. The fourth-order valence-electron chi connectivity index (χ4n) is 1.96. The van der Waals surface area contributed by atoms with Crippen LogP contribution in [0.25, 0.3) is 10.4 Å². The Bertz CT molecular complexity index is 482. The van der Waals surface area contributed by atoms with E-state index >= 15 is 0 Å². The summed E-state index contributed by atoms with van der Waals surface area (Å²) in [5.41, 5.74) is 1.35. The Balaban J connectivity index is 1.53. The molecule has 0 atom stereocenters. The van der Waals surface area contributed by atoms with Crippen molar-refractivity contribution >= 4 is 22.7 Å². The molecule has 0 aromatic carbocycles. The third kappa shape index (κ3) is 6.28. The van der Waals surface area contributed by atoms with Crippen molar-refractivity contribution in [3.63, 3.8) is 0 Å². The molecule has 0 aliphatic rings. The van der Waals surface area contributed by atoms with Gasteiger partial charge < -0.3 is 14.8 Å². The van der Waals surface area contributed by atoms with Crippen molar-refractivity contribution in [1.82, 2.24) is 5.32 Å². The maximum Gasteiger partial charge on any atom is 0.0700 e. The van der Waals surface area contributed by atoms with Crippen LogP contribution in [0.15, 0.2) is 29.0 Å². The van der Waals surface area contributed by atoms with Crippen LogP contribution in [0.5, 0.6) is 0 Å². The molecule has 0 aliphatic heterocycles. The van der Waals surface area contributed by atoms with Gasteiger partial charge in [-0.1, -0.05) is 6.07 Å². The average molecular weight is 325 g/mol. The van der Waals surface area contributed by atoms with Crippen molar-refractivity contribution < 1.29 is 9.47 Å². The predicted octanol–water partition coefficient (Wildman–Crippen LogP) is 4.01. The van der Waals surface area contributed by atoms with E-state index < -0.39 is 0 Å². The first-order valence-corrected chi connectivity index (χ1v) is 9.05. The van der Waals surface area contributed by atoms with Crippen LogP contribution >= 0.6 is 22.7 Å². The van der Waals surface area contributed by atoms with Crippen molar-refractivity contribution in [2.24, 2.45) is 0 Å². The van der Waals surface area contributed by atoms with E-state index in [-0.39, 0.29) is 0 Å². The zero-order chi connectivity index (χ0) is 14.8. The summed E-state index contributed by atoms with van der Waals surface area (Å²) in [4.78, 5) is 2.75. The molecule has 3 nitrogen and oxygen atoms in total. The lowest BCUT2D eigenvalue weighted by atomic mass is 10.2. The molecule has 21 heavy (non-hydrogen) atoms. The van der Waals surface area contributed by atoms with Crippen molar-refractivity contribution in [3.05, 3.63) is 33.8 Å². The molecule has 5 heteroatoms. The number of hydrogen-bond acceptors (Lipinski definition) is 5. The molecule has 116 valence electrons. The Hall–Kier alpha value is -0.720. The van der Waals surface area contributed by atoms with Gasteiger partial charge in [-0.05, 0) is 42.3 Å². The Morgan fingerprint density at radius 2 is 2.10 bits per heavy atom. The molecule has 0 spiro atoms. The maximum atomic E-state index is 5.43. The third-order valence-corrected chi connectivity index (χ3v) is 4.94. The number of unbranched alkanes of at least 4 members (excludes halogenated alkanes) is 1.